The van der Waals surface area contributed by atoms with Crippen LogP contribution in [0.15, 0.2) is 54.6 Å². The summed E-state index contributed by atoms with van der Waals surface area (Å²) in [6, 6.07) is 17.7. The molecule has 1 unspecified atom stereocenters. The third kappa shape index (κ3) is 4.70. The fourth-order valence-corrected chi connectivity index (χ4v) is 5.76. The molecule has 5 rings (SSSR count). The van der Waals surface area contributed by atoms with E-state index in [1.54, 1.807) is 14.2 Å². The number of amidine groups is 1. The van der Waals surface area contributed by atoms with Gasteiger partial charge in [0.2, 0.25) is 5.88 Å². The molecule has 0 spiro atoms. The molecule has 0 radical (unpaired) electrons. The number of aromatic nitrogens is 1. The van der Waals surface area contributed by atoms with Crippen LogP contribution in [0, 0.1) is 5.41 Å². The number of rotatable bonds is 7. The SMILES string of the molecule is COc1ccc2c(n1)C(=N)N(CC(=O)c1cc(N3CCOCC3)c(OC)c(C(C)(C)C)c1)C2(C)c1ccccc1. The van der Waals surface area contributed by atoms with E-state index < -0.39 is 5.54 Å². The van der Waals surface area contributed by atoms with E-state index in [1.165, 1.54) is 0 Å². The number of nitrogens with zero attached hydrogens (tertiary/aromatic N) is 3. The van der Waals surface area contributed by atoms with Gasteiger partial charge in [0.15, 0.2) is 5.78 Å². The normalized spacial score (nSPS) is 19.0. The van der Waals surface area contributed by atoms with Crippen molar-refractivity contribution in [3.05, 3.63) is 82.5 Å². The Balaban J connectivity index is 1.59. The number of ether oxygens (including phenoxy) is 3. The average molecular weight is 543 g/mol. The van der Waals surface area contributed by atoms with E-state index in [0.29, 0.717) is 30.4 Å². The molecular weight excluding hydrogens is 504 g/mol. The fourth-order valence-electron chi connectivity index (χ4n) is 5.76. The smallest absolute Gasteiger partial charge is 0.213 e. The topological polar surface area (TPSA) is 88.0 Å². The molecule has 0 amide bonds. The number of carbonyl (C=O) groups excluding carboxylic acids is 1. The lowest BCUT2D eigenvalue weighted by Gasteiger charge is -2.37. The van der Waals surface area contributed by atoms with Gasteiger partial charge in [0, 0.05) is 35.8 Å². The van der Waals surface area contributed by atoms with Gasteiger partial charge in [0.25, 0.3) is 0 Å². The second kappa shape index (κ2) is 10.6. The molecule has 0 saturated carbocycles. The number of pyridine rings is 1. The molecule has 1 fully saturated rings. The first-order chi connectivity index (χ1) is 19.1. The van der Waals surface area contributed by atoms with Crippen LogP contribution in [-0.2, 0) is 15.7 Å². The molecule has 1 saturated heterocycles. The van der Waals surface area contributed by atoms with Crippen LogP contribution >= 0.6 is 0 Å². The maximum Gasteiger partial charge on any atom is 0.213 e. The predicted octanol–water partition coefficient (Wildman–Crippen LogP) is 5.02. The van der Waals surface area contributed by atoms with Gasteiger partial charge in [-0.05, 0) is 36.1 Å². The average Bonchev–Trinajstić information content (AvgIpc) is 3.18. The van der Waals surface area contributed by atoms with Gasteiger partial charge in [-0.2, -0.15) is 0 Å². The number of methoxy groups -OCH3 is 2. The second-order valence-corrected chi connectivity index (χ2v) is 11.5. The Hall–Kier alpha value is -3.91. The number of hydrogen-bond donors (Lipinski definition) is 1. The highest BCUT2D eigenvalue weighted by Gasteiger charge is 2.47. The van der Waals surface area contributed by atoms with E-state index in [1.807, 2.05) is 59.5 Å². The number of fused-ring (bicyclic) bond motifs is 1. The molecule has 0 aliphatic carbocycles. The molecule has 1 N–H and O–H groups in total. The summed E-state index contributed by atoms with van der Waals surface area (Å²) in [4.78, 5) is 22.9. The summed E-state index contributed by atoms with van der Waals surface area (Å²) in [7, 11) is 3.25. The third-order valence-corrected chi connectivity index (χ3v) is 8.03. The summed E-state index contributed by atoms with van der Waals surface area (Å²) in [6.07, 6.45) is 0. The molecule has 1 atom stereocenters. The fraction of sp³-hybridized carbons (Fsp3) is 0.406. The zero-order chi connectivity index (χ0) is 28.7. The Morgan fingerprint density at radius 3 is 2.38 bits per heavy atom. The highest BCUT2D eigenvalue weighted by Crippen LogP contribution is 2.45. The number of ketones is 1. The quantitative estimate of drug-likeness (QED) is 0.420. The van der Waals surface area contributed by atoms with Crippen LogP contribution in [0.1, 0.15) is 60.4 Å². The van der Waals surface area contributed by atoms with Crippen molar-refractivity contribution < 1.29 is 19.0 Å². The Morgan fingerprint density at radius 2 is 1.75 bits per heavy atom. The first-order valence-corrected chi connectivity index (χ1v) is 13.7. The van der Waals surface area contributed by atoms with E-state index in [0.717, 1.165) is 41.2 Å². The minimum absolute atomic E-state index is 0.0152. The van der Waals surface area contributed by atoms with Crippen molar-refractivity contribution in [3.63, 3.8) is 0 Å². The number of benzene rings is 2. The first kappa shape index (κ1) is 27.6. The highest BCUT2D eigenvalue weighted by atomic mass is 16.5. The minimum atomic E-state index is -0.755. The van der Waals surface area contributed by atoms with E-state index in [9.17, 15) is 4.79 Å². The number of nitrogens with one attached hydrogen (secondary N) is 1. The third-order valence-electron chi connectivity index (χ3n) is 8.03. The predicted molar refractivity (Wildman–Crippen MR) is 156 cm³/mol. The molecule has 210 valence electrons. The summed E-state index contributed by atoms with van der Waals surface area (Å²) in [5.41, 5.74) is 3.84. The summed E-state index contributed by atoms with van der Waals surface area (Å²) in [6.45, 7) is 11.1. The Morgan fingerprint density at radius 1 is 1.05 bits per heavy atom. The Kier molecular flexibility index (Phi) is 7.31. The van der Waals surface area contributed by atoms with Gasteiger partial charge in [-0.25, -0.2) is 4.98 Å². The van der Waals surface area contributed by atoms with Crippen LogP contribution in [-0.4, -0.2) is 68.6 Å². The zero-order valence-electron chi connectivity index (χ0n) is 24.2. The van der Waals surface area contributed by atoms with Gasteiger partial charge in [0.05, 0.1) is 45.2 Å². The van der Waals surface area contributed by atoms with Crippen LogP contribution < -0.4 is 14.4 Å². The van der Waals surface area contributed by atoms with Gasteiger partial charge in [-0.1, -0.05) is 51.1 Å². The van der Waals surface area contributed by atoms with Gasteiger partial charge < -0.3 is 24.0 Å². The number of morpholine rings is 1. The number of Topliss-reactive ketones (excluding diaryl/α,β-unsaturated/α-hetero) is 1. The molecule has 8 heteroatoms. The maximum absolute atomic E-state index is 14.2. The van der Waals surface area contributed by atoms with Crippen molar-refractivity contribution >= 4 is 17.3 Å². The summed E-state index contributed by atoms with van der Waals surface area (Å²) in [5.74, 6) is 1.35. The zero-order valence-corrected chi connectivity index (χ0v) is 24.2. The van der Waals surface area contributed by atoms with Crippen LogP contribution in [0.4, 0.5) is 5.69 Å². The van der Waals surface area contributed by atoms with Crippen LogP contribution in [0.5, 0.6) is 11.6 Å². The maximum atomic E-state index is 14.2. The number of anilines is 1. The first-order valence-electron chi connectivity index (χ1n) is 13.7. The summed E-state index contributed by atoms with van der Waals surface area (Å²) < 4.78 is 16.9. The number of hydrogen-bond acceptors (Lipinski definition) is 7. The number of carbonyl (C=O) groups is 1. The molecular formula is C32H38N4O4. The van der Waals surface area contributed by atoms with Gasteiger partial charge in [0.1, 0.15) is 17.3 Å². The van der Waals surface area contributed by atoms with Crippen LogP contribution in [0.25, 0.3) is 0 Å². The lowest BCUT2D eigenvalue weighted by atomic mass is 9.83. The van der Waals surface area contributed by atoms with Crippen molar-refractivity contribution in [3.8, 4) is 11.6 Å². The van der Waals surface area contributed by atoms with Crippen molar-refractivity contribution in [2.24, 2.45) is 0 Å². The largest absolute Gasteiger partial charge is 0.494 e. The van der Waals surface area contributed by atoms with Crippen LogP contribution in [0.2, 0.25) is 0 Å². The minimum Gasteiger partial charge on any atom is -0.494 e. The molecule has 3 heterocycles. The Bertz CT molecular complexity index is 1430. The van der Waals surface area contributed by atoms with E-state index >= 15 is 0 Å². The molecule has 2 aliphatic heterocycles. The van der Waals surface area contributed by atoms with Crippen LogP contribution in [0.3, 0.4) is 0 Å². The van der Waals surface area contributed by atoms with Crippen molar-refractivity contribution in [1.82, 2.24) is 9.88 Å². The van der Waals surface area contributed by atoms with Crippen molar-refractivity contribution in [2.75, 3.05) is 52.0 Å². The van der Waals surface area contributed by atoms with Crippen molar-refractivity contribution in [1.29, 1.82) is 5.41 Å². The summed E-state index contributed by atoms with van der Waals surface area (Å²) >= 11 is 0. The van der Waals surface area contributed by atoms with Crippen molar-refractivity contribution in [2.45, 2.75) is 38.6 Å². The second-order valence-electron chi connectivity index (χ2n) is 11.5. The lowest BCUT2D eigenvalue weighted by molar-refractivity contribution is 0.0930. The molecule has 0 bridgehead atoms. The monoisotopic (exact) mass is 542 g/mol. The Labute approximate surface area is 236 Å². The summed E-state index contributed by atoms with van der Waals surface area (Å²) in [5, 5.41) is 9.14. The van der Waals surface area contributed by atoms with Gasteiger partial charge >= 0.3 is 0 Å². The molecule has 40 heavy (non-hydrogen) atoms. The molecule has 3 aromatic rings. The molecule has 2 aromatic carbocycles. The standard InChI is InChI=1S/C32H38N4O4/c1-31(2,3)24-18-21(19-25(29(24)39-6)35-14-16-40-17-15-35)26(37)20-36-30(33)28-23(12-13-27(34-28)38-5)32(36,4)22-10-8-7-9-11-22/h7-13,18-19,33H,14-17,20H2,1-6H3. The van der Waals surface area contributed by atoms with Gasteiger partial charge in [-0.3, -0.25) is 10.2 Å². The molecule has 1 aromatic heterocycles. The lowest BCUT2D eigenvalue weighted by Crippen LogP contribution is -2.45. The van der Waals surface area contributed by atoms with E-state index in [2.05, 4.69) is 37.6 Å². The van der Waals surface area contributed by atoms with E-state index in [4.69, 9.17) is 19.6 Å². The molecule has 8 nitrogen and oxygen atoms in total. The van der Waals surface area contributed by atoms with E-state index in [-0.39, 0.29) is 23.6 Å². The highest BCUT2D eigenvalue weighted by molar-refractivity contribution is 6.06. The molecule has 2 aliphatic rings. The van der Waals surface area contributed by atoms with Gasteiger partial charge in [-0.15, -0.1) is 0 Å².